The quantitative estimate of drug-likeness (QED) is 0.0538. The number of amides is 3. The summed E-state index contributed by atoms with van der Waals surface area (Å²) in [6, 6.07) is -5.39. The third-order valence-electron chi connectivity index (χ3n) is 11.5. The summed E-state index contributed by atoms with van der Waals surface area (Å²) in [6.07, 6.45) is -38.0. The van der Waals surface area contributed by atoms with Crippen LogP contribution in [0.15, 0.2) is 0 Å². The first-order valence-electron chi connectivity index (χ1n) is 20.5. The molecule has 3 amide bonds. The monoisotopic (exact) mass is 981 g/mol. The second kappa shape index (κ2) is 23.4. The van der Waals surface area contributed by atoms with Crippen molar-refractivity contribution < 1.29 is 139 Å². The number of carbonyl (C=O) groups excluding carboxylic acids is 3. The van der Waals surface area contributed by atoms with E-state index in [0.29, 0.717) is 0 Å². The standard InChI is InChI=1S/C36H59N3O28/c1-10(44)37-19-12(46)3-35(33(57)58,61-9-17-25(53)28(21(31(56)62-17)38-11(2)45)64-32-27(55)26(54)23(51)15(6-41)63-32)66-30(19)24(52)16(7-42)65-36(34(59)60)4-13(47)20(39-18(49)8-43)29(67-36)22(50)14(48)5-40/h12-17,19-32,40-43,46-48,50-56H,3-9H2,1-2H3,(H,37,44)(H,38,45)(H,39,49)(H,57,58)(H,59,60)/t12-,13-,14+,15+,16+,17+,19+,20+,21+,22+,23-,24+,25-,26-,27+,28+,29+,30+,31?,32-,35+,36+/m0/s1. The molecule has 386 valence electrons. The Hall–Kier alpha value is -3.49. The second-order valence-corrected chi connectivity index (χ2v) is 16.3. The minimum absolute atomic E-state index is 0.830. The number of rotatable bonds is 20. The average molecular weight is 982 g/mol. The Morgan fingerprint density at radius 1 is 0.657 bits per heavy atom. The van der Waals surface area contributed by atoms with Crippen LogP contribution in [0, 0.1) is 0 Å². The predicted molar refractivity (Wildman–Crippen MR) is 204 cm³/mol. The Balaban J connectivity index is 1.67. The van der Waals surface area contributed by atoms with Crippen LogP contribution in [-0.2, 0) is 57.1 Å². The fourth-order valence-corrected chi connectivity index (χ4v) is 8.04. The number of hydrogen-bond donors (Lipinski definition) is 19. The Bertz CT molecular complexity index is 1700. The molecule has 67 heavy (non-hydrogen) atoms. The molecule has 4 aliphatic rings. The number of carbonyl (C=O) groups is 5. The van der Waals surface area contributed by atoms with Crippen molar-refractivity contribution in [3.63, 3.8) is 0 Å². The lowest BCUT2D eigenvalue weighted by molar-refractivity contribution is -0.356. The van der Waals surface area contributed by atoms with Crippen molar-refractivity contribution in [3.05, 3.63) is 0 Å². The summed E-state index contributed by atoms with van der Waals surface area (Å²) in [6.45, 7) is -3.98. The van der Waals surface area contributed by atoms with Crippen LogP contribution in [-0.4, -0.2) is 278 Å². The van der Waals surface area contributed by atoms with Crippen molar-refractivity contribution in [1.29, 1.82) is 0 Å². The minimum atomic E-state index is -3.27. The lowest BCUT2D eigenvalue weighted by atomic mass is 9.87. The van der Waals surface area contributed by atoms with Gasteiger partial charge in [-0.05, 0) is 0 Å². The lowest BCUT2D eigenvalue weighted by Gasteiger charge is -2.50. The maximum atomic E-state index is 13.1. The molecule has 0 aliphatic carbocycles. The lowest BCUT2D eigenvalue weighted by Crippen LogP contribution is -2.71. The minimum Gasteiger partial charge on any atom is -0.477 e. The highest BCUT2D eigenvalue weighted by Crippen LogP contribution is 2.39. The first-order valence-corrected chi connectivity index (χ1v) is 20.5. The Kier molecular flexibility index (Phi) is 19.6. The Morgan fingerprint density at radius 3 is 1.72 bits per heavy atom. The molecule has 4 fully saturated rings. The van der Waals surface area contributed by atoms with E-state index in [4.69, 9.17) is 33.2 Å². The fourth-order valence-electron chi connectivity index (χ4n) is 8.04. The molecule has 19 N–H and O–H groups in total. The zero-order valence-corrected chi connectivity index (χ0v) is 35.6. The molecule has 0 aromatic rings. The van der Waals surface area contributed by atoms with Crippen molar-refractivity contribution in [2.24, 2.45) is 0 Å². The fraction of sp³-hybridized carbons (Fsp3) is 0.861. The number of aliphatic carboxylic acids is 2. The van der Waals surface area contributed by atoms with E-state index in [1.165, 1.54) is 0 Å². The van der Waals surface area contributed by atoms with Gasteiger partial charge in [0.25, 0.3) is 11.6 Å². The van der Waals surface area contributed by atoms with Crippen molar-refractivity contribution in [3.8, 4) is 0 Å². The number of nitrogens with one attached hydrogen (secondary N) is 3. The van der Waals surface area contributed by atoms with Crippen LogP contribution in [0.25, 0.3) is 0 Å². The van der Waals surface area contributed by atoms with Crippen molar-refractivity contribution >= 4 is 29.7 Å². The van der Waals surface area contributed by atoms with Crippen LogP contribution >= 0.6 is 0 Å². The molecule has 0 aromatic heterocycles. The van der Waals surface area contributed by atoms with Crippen LogP contribution in [0.2, 0.25) is 0 Å². The third kappa shape index (κ3) is 12.5. The van der Waals surface area contributed by atoms with E-state index in [0.717, 1.165) is 13.8 Å². The van der Waals surface area contributed by atoms with Crippen LogP contribution < -0.4 is 16.0 Å². The van der Waals surface area contributed by atoms with E-state index in [9.17, 15) is 106 Å². The summed E-state index contributed by atoms with van der Waals surface area (Å²) < 4.78 is 38.7. The summed E-state index contributed by atoms with van der Waals surface area (Å²) in [7, 11) is 0. The molecule has 0 radical (unpaired) electrons. The number of hydrogen-bond acceptors (Lipinski definition) is 26. The van der Waals surface area contributed by atoms with Crippen LogP contribution in [0.4, 0.5) is 0 Å². The number of aliphatic hydroxyl groups is 14. The molecule has 4 aliphatic heterocycles. The highest BCUT2D eigenvalue weighted by atomic mass is 16.8. The van der Waals surface area contributed by atoms with E-state index < -0.39 is 209 Å². The van der Waals surface area contributed by atoms with Gasteiger partial charge in [-0.3, -0.25) is 14.4 Å². The van der Waals surface area contributed by atoms with E-state index >= 15 is 0 Å². The third-order valence-corrected chi connectivity index (χ3v) is 11.5. The first kappa shape index (κ1) is 56.1. The molecule has 4 heterocycles. The maximum absolute atomic E-state index is 13.1. The summed E-state index contributed by atoms with van der Waals surface area (Å²) >= 11 is 0. The van der Waals surface area contributed by atoms with Gasteiger partial charge in [-0.2, -0.15) is 0 Å². The van der Waals surface area contributed by atoms with Crippen LogP contribution in [0.3, 0.4) is 0 Å². The number of carboxylic acid groups (broad SMARTS) is 2. The largest absolute Gasteiger partial charge is 0.477 e. The summed E-state index contributed by atoms with van der Waals surface area (Å²) in [5.41, 5.74) is 0. The Morgan fingerprint density at radius 2 is 1.19 bits per heavy atom. The van der Waals surface area contributed by atoms with Crippen molar-refractivity contribution in [1.82, 2.24) is 16.0 Å². The van der Waals surface area contributed by atoms with E-state index in [2.05, 4.69) is 10.6 Å². The van der Waals surface area contributed by atoms with Gasteiger partial charge in [-0.25, -0.2) is 9.59 Å². The average Bonchev–Trinajstić information content (AvgIpc) is 3.27. The van der Waals surface area contributed by atoms with Gasteiger partial charge >= 0.3 is 11.9 Å². The predicted octanol–water partition coefficient (Wildman–Crippen LogP) is -11.9. The molecule has 1 unspecified atom stereocenters. The van der Waals surface area contributed by atoms with E-state index in [1.54, 1.807) is 0 Å². The second-order valence-electron chi connectivity index (χ2n) is 16.3. The van der Waals surface area contributed by atoms with Crippen molar-refractivity contribution in [2.45, 2.75) is 161 Å². The molecule has 4 rings (SSSR count). The van der Waals surface area contributed by atoms with Gasteiger partial charge in [0.2, 0.25) is 17.7 Å². The number of aliphatic hydroxyl groups excluding tert-OH is 14. The first-order chi connectivity index (χ1) is 31.3. The van der Waals surface area contributed by atoms with Gasteiger partial charge in [-0.1, -0.05) is 0 Å². The molecule has 0 saturated carbocycles. The summed E-state index contributed by atoms with van der Waals surface area (Å²) in [5, 5.41) is 175. The zero-order chi connectivity index (χ0) is 50.5. The molecule has 31 heteroatoms. The van der Waals surface area contributed by atoms with E-state index in [1.807, 2.05) is 5.32 Å². The van der Waals surface area contributed by atoms with Gasteiger partial charge in [0.15, 0.2) is 12.6 Å². The highest BCUT2D eigenvalue weighted by Gasteiger charge is 2.61. The molecule has 31 nitrogen and oxygen atoms in total. The van der Waals surface area contributed by atoms with Gasteiger partial charge in [-0.15, -0.1) is 0 Å². The normalized spacial score (nSPS) is 41.0. The number of carboxylic acids is 2. The summed E-state index contributed by atoms with van der Waals surface area (Å²) in [5.74, 6) is -13.6. The SMILES string of the molecule is CC(=O)N[C@H]1[C@H]([C@H](O)[C@@H](CO)O[C@]2(C(=O)O)C[C@H](O)[C@@H](NC(=O)CO)[C@H]([C@H](O)[C@H](O)CO)O2)O[C@@](OC[C@H]2OC(O)[C@H](NC(C)=O)[C@@H](O[C@@H]3O[C@H](CO)[C@H](O)[C@H](O)[C@H]3O)[C@H]2O)(C(=O)O)C[C@@H]1O. The molecule has 4 saturated heterocycles. The van der Waals surface area contributed by atoms with Gasteiger partial charge in [0.1, 0.15) is 92.0 Å². The maximum Gasteiger partial charge on any atom is 0.364 e. The molecule has 0 bridgehead atoms. The van der Waals surface area contributed by atoms with Gasteiger partial charge in [0, 0.05) is 26.7 Å². The highest BCUT2D eigenvalue weighted by molar-refractivity contribution is 5.78. The van der Waals surface area contributed by atoms with Gasteiger partial charge in [0.05, 0.1) is 50.7 Å². The molecular formula is C36H59N3O28. The van der Waals surface area contributed by atoms with Crippen LogP contribution in [0.1, 0.15) is 26.7 Å². The van der Waals surface area contributed by atoms with E-state index in [-0.39, 0.29) is 0 Å². The topological polar surface area (TPSA) is 510 Å². The van der Waals surface area contributed by atoms with Crippen LogP contribution in [0.5, 0.6) is 0 Å². The molecule has 0 spiro atoms. The molecule has 0 aromatic carbocycles. The smallest absolute Gasteiger partial charge is 0.364 e. The number of ether oxygens (including phenoxy) is 7. The Labute approximate surface area is 377 Å². The molecular weight excluding hydrogens is 922 g/mol. The molecule has 22 atom stereocenters. The van der Waals surface area contributed by atoms with Crippen molar-refractivity contribution in [2.75, 3.05) is 33.0 Å². The van der Waals surface area contributed by atoms with Gasteiger partial charge < -0.3 is 131 Å². The summed E-state index contributed by atoms with van der Waals surface area (Å²) in [4.78, 5) is 62.4. The zero-order valence-electron chi connectivity index (χ0n) is 35.6.